The molecule has 3 nitrogen and oxygen atoms in total. The number of hydrogen-bond acceptors (Lipinski definition) is 4. The van der Waals surface area contributed by atoms with Gasteiger partial charge >= 0.3 is 5.97 Å². The van der Waals surface area contributed by atoms with Crippen LogP contribution in [0.5, 0.6) is 0 Å². The van der Waals surface area contributed by atoms with Crippen molar-refractivity contribution in [3.8, 4) is 0 Å². The monoisotopic (exact) mass is 253 g/mol. The SMILES string of the molecule is C[C@@H](C(=O)O)N(c1cccs1)c1cccs1. The highest BCUT2D eigenvalue weighted by Crippen LogP contribution is 2.34. The summed E-state index contributed by atoms with van der Waals surface area (Å²) in [6.45, 7) is 1.70. The Hall–Kier alpha value is -1.33. The van der Waals surface area contributed by atoms with Crippen molar-refractivity contribution in [1.29, 1.82) is 0 Å². The van der Waals surface area contributed by atoms with Gasteiger partial charge in [0.1, 0.15) is 6.04 Å². The van der Waals surface area contributed by atoms with E-state index in [-0.39, 0.29) is 0 Å². The molecule has 0 aliphatic carbocycles. The van der Waals surface area contributed by atoms with E-state index in [1.165, 1.54) is 0 Å². The van der Waals surface area contributed by atoms with Crippen molar-refractivity contribution in [1.82, 2.24) is 0 Å². The second-order valence-corrected chi connectivity index (χ2v) is 5.14. The lowest BCUT2D eigenvalue weighted by Crippen LogP contribution is -2.34. The van der Waals surface area contributed by atoms with Crippen molar-refractivity contribution in [3.63, 3.8) is 0 Å². The van der Waals surface area contributed by atoms with Gasteiger partial charge in [-0.15, -0.1) is 22.7 Å². The molecule has 0 saturated carbocycles. The Kier molecular flexibility index (Phi) is 3.26. The second-order valence-electron chi connectivity index (χ2n) is 3.29. The first kappa shape index (κ1) is 11.2. The van der Waals surface area contributed by atoms with Gasteiger partial charge in [-0.3, -0.25) is 0 Å². The number of nitrogens with zero attached hydrogens (tertiary/aromatic N) is 1. The molecule has 0 amide bonds. The van der Waals surface area contributed by atoms with E-state index in [4.69, 9.17) is 5.11 Å². The Balaban J connectivity index is 2.38. The molecule has 2 heterocycles. The summed E-state index contributed by atoms with van der Waals surface area (Å²) in [5.41, 5.74) is 0. The Labute approximate surface area is 102 Å². The maximum absolute atomic E-state index is 11.1. The molecule has 2 aromatic rings. The Morgan fingerprint density at radius 2 is 1.75 bits per heavy atom. The van der Waals surface area contributed by atoms with Gasteiger partial charge in [-0.1, -0.05) is 0 Å². The smallest absolute Gasteiger partial charge is 0.326 e. The van der Waals surface area contributed by atoms with Gasteiger partial charge in [0.25, 0.3) is 0 Å². The molecular formula is C11H11NO2S2. The van der Waals surface area contributed by atoms with Crippen molar-refractivity contribution >= 4 is 38.6 Å². The molecule has 0 aliphatic rings. The number of thiophene rings is 2. The number of aliphatic carboxylic acids is 1. The van der Waals surface area contributed by atoms with E-state index in [9.17, 15) is 4.79 Å². The summed E-state index contributed by atoms with van der Waals surface area (Å²) >= 11 is 3.09. The zero-order valence-corrected chi connectivity index (χ0v) is 10.3. The van der Waals surface area contributed by atoms with Crippen molar-refractivity contribution in [2.45, 2.75) is 13.0 Å². The fourth-order valence-electron chi connectivity index (χ4n) is 1.41. The van der Waals surface area contributed by atoms with Gasteiger partial charge in [-0.2, -0.15) is 0 Å². The summed E-state index contributed by atoms with van der Waals surface area (Å²) in [6.07, 6.45) is 0. The van der Waals surface area contributed by atoms with Crippen LogP contribution in [0, 0.1) is 0 Å². The maximum atomic E-state index is 11.1. The van der Waals surface area contributed by atoms with Gasteiger partial charge in [0.05, 0.1) is 10.0 Å². The van der Waals surface area contributed by atoms with E-state index < -0.39 is 12.0 Å². The van der Waals surface area contributed by atoms with E-state index in [1.807, 2.05) is 39.9 Å². The zero-order chi connectivity index (χ0) is 11.5. The van der Waals surface area contributed by atoms with Crippen LogP contribution < -0.4 is 4.90 Å². The van der Waals surface area contributed by atoms with Crippen molar-refractivity contribution in [2.75, 3.05) is 4.90 Å². The van der Waals surface area contributed by atoms with Gasteiger partial charge in [0.2, 0.25) is 0 Å². The molecule has 0 unspecified atom stereocenters. The van der Waals surface area contributed by atoms with E-state index >= 15 is 0 Å². The molecule has 0 spiro atoms. The van der Waals surface area contributed by atoms with Crippen LogP contribution in [0.1, 0.15) is 6.92 Å². The summed E-state index contributed by atoms with van der Waals surface area (Å²) in [7, 11) is 0. The summed E-state index contributed by atoms with van der Waals surface area (Å²) in [6, 6.07) is 7.16. The Bertz CT molecular complexity index is 416. The quantitative estimate of drug-likeness (QED) is 0.907. The summed E-state index contributed by atoms with van der Waals surface area (Å²) in [5.74, 6) is -0.818. The van der Waals surface area contributed by atoms with Crippen LogP contribution in [0.3, 0.4) is 0 Å². The maximum Gasteiger partial charge on any atom is 0.326 e. The average molecular weight is 253 g/mol. The lowest BCUT2D eigenvalue weighted by atomic mass is 10.3. The molecule has 0 aromatic carbocycles. The molecule has 1 N–H and O–H groups in total. The van der Waals surface area contributed by atoms with Crippen LogP contribution >= 0.6 is 22.7 Å². The van der Waals surface area contributed by atoms with Crippen molar-refractivity contribution in [3.05, 3.63) is 35.0 Å². The van der Waals surface area contributed by atoms with Gasteiger partial charge in [0.15, 0.2) is 0 Å². The molecular weight excluding hydrogens is 242 g/mol. The molecule has 0 aliphatic heterocycles. The third-order valence-corrected chi connectivity index (χ3v) is 3.97. The Morgan fingerprint density at radius 3 is 2.06 bits per heavy atom. The molecule has 0 saturated heterocycles. The number of anilines is 2. The highest BCUT2D eigenvalue weighted by atomic mass is 32.1. The van der Waals surface area contributed by atoms with Crippen LogP contribution in [0.15, 0.2) is 35.0 Å². The lowest BCUT2D eigenvalue weighted by molar-refractivity contribution is -0.137. The Morgan fingerprint density at radius 1 is 1.25 bits per heavy atom. The highest BCUT2D eigenvalue weighted by Gasteiger charge is 2.23. The molecule has 1 atom stereocenters. The highest BCUT2D eigenvalue weighted by molar-refractivity contribution is 7.16. The summed E-state index contributed by atoms with van der Waals surface area (Å²) in [4.78, 5) is 12.9. The van der Waals surface area contributed by atoms with Crippen LogP contribution in [-0.4, -0.2) is 17.1 Å². The van der Waals surface area contributed by atoms with E-state index in [0.717, 1.165) is 10.0 Å². The summed E-state index contributed by atoms with van der Waals surface area (Å²) in [5, 5.41) is 14.9. The van der Waals surface area contributed by atoms with Crippen LogP contribution in [0.4, 0.5) is 10.0 Å². The topological polar surface area (TPSA) is 40.5 Å². The largest absolute Gasteiger partial charge is 0.480 e. The van der Waals surface area contributed by atoms with Crippen molar-refractivity contribution < 1.29 is 9.90 Å². The first-order valence-corrected chi connectivity index (χ1v) is 6.55. The minimum Gasteiger partial charge on any atom is -0.480 e. The third kappa shape index (κ3) is 2.10. The van der Waals surface area contributed by atoms with Gasteiger partial charge in [-0.25, -0.2) is 4.79 Å². The average Bonchev–Trinajstić information content (AvgIpc) is 2.89. The second kappa shape index (κ2) is 4.67. The van der Waals surface area contributed by atoms with Gasteiger partial charge in [0, 0.05) is 0 Å². The third-order valence-electron chi connectivity index (χ3n) is 2.23. The molecule has 0 radical (unpaired) electrons. The normalized spacial score (nSPS) is 12.3. The minimum atomic E-state index is -0.818. The lowest BCUT2D eigenvalue weighted by Gasteiger charge is -2.25. The first-order chi connectivity index (χ1) is 7.70. The van der Waals surface area contributed by atoms with E-state index in [1.54, 1.807) is 29.6 Å². The fourth-order valence-corrected chi connectivity index (χ4v) is 3.12. The van der Waals surface area contributed by atoms with Gasteiger partial charge in [-0.05, 0) is 41.9 Å². The summed E-state index contributed by atoms with van der Waals surface area (Å²) < 4.78 is 0. The molecule has 0 bridgehead atoms. The minimum absolute atomic E-state index is 0.558. The number of rotatable bonds is 4. The predicted molar refractivity (Wildman–Crippen MR) is 67.9 cm³/mol. The standard InChI is InChI=1S/C11H11NO2S2/c1-8(11(13)14)12(9-4-2-6-15-9)10-5-3-7-16-10/h2-8H,1H3,(H,13,14)/t8-/m0/s1. The molecule has 5 heteroatoms. The molecule has 2 rings (SSSR count). The van der Waals surface area contributed by atoms with E-state index in [2.05, 4.69) is 0 Å². The fraction of sp³-hybridized carbons (Fsp3) is 0.182. The number of hydrogen-bond donors (Lipinski definition) is 1. The van der Waals surface area contributed by atoms with Crippen LogP contribution in [-0.2, 0) is 4.79 Å². The van der Waals surface area contributed by atoms with Crippen LogP contribution in [0.2, 0.25) is 0 Å². The molecule has 2 aromatic heterocycles. The molecule has 16 heavy (non-hydrogen) atoms. The number of carbonyl (C=O) groups is 1. The van der Waals surface area contributed by atoms with E-state index in [0.29, 0.717) is 0 Å². The number of carboxylic acid groups (broad SMARTS) is 1. The molecule has 0 fully saturated rings. The van der Waals surface area contributed by atoms with Gasteiger partial charge < -0.3 is 10.0 Å². The molecule has 84 valence electrons. The zero-order valence-electron chi connectivity index (χ0n) is 8.66. The predicted octanol–water partition coefficient (Wildman–Crippen LogP) is 3.42. The van der Waals surface area contributed by atoms with Crippen molar-refractivity contribution in [2.24, 2.45) is 0 Å². The van der Waals surface area contributed by atoms with Crippen LogP contribution in [0.25, 0.3) is 0 Å². The number of carboxylic acids is 1. The first-order valence-electron chi connectivity index (χ1n) is 4.79.